The third-order valence-electron chi connectivity index (χ3n) is 5.09. The molecule has 1 aliphatic rings. The fraction of sp³-hybridized carbons (Fsp3) is 0.550. The predicted octanol–water partition coefficient (Wildman–Crippen LogP) is 3.43. The fourth-order valence-electron chi connectivity index (χ4n) is 3.83. The third-order valence-corrected chi connectivity index (χ3v) is 5.09. The standard InChI is InChI=1S/C20H27NO3/c1-13(2)17-9-18-16(8-20(23)24-19(18)7-14(17)3)11-21-6-4-5-15(10-21)12-22/h7-9,13,15,22H,4-6,10-12H2,1-3H3/t15-/m1/s1. The molecule has 0 bridgehead atoms. The van der Waals surface area contributed by atoms with Crippen LogP contribution in [0.2, 0.25) is 0 Å². The van der Waals surface area contributed by atoms with Gasteiger partial charge in [0.15, 0.2) is 0 Å². The zero-order chi connectivity index (χ0) is 17.3. The molecule has 1 saturated heterocycles. The Morgan fingerprint density at radius 2 is 2.12 bits per heavy atom. The predicted molar refractivity (Wildman–Crippen MR) is 96.4 cm³/mol. The van der Waals surface area contributed by atoms with Crippen molar-refractivity contribution in [2.75, 3.05) is 19.7 Å². The number of aliphatic hydroxyl groups excluding tert-OH is 1. The molecule has 0 radical (unpaired) electrons. The Bertz CT molecular complexity index is 778. The van der Waals surface area contributed by atoms with Crippen LogP contribution in [0.4, 0.5) is 0 Å². The second-order valence-corrected chi connectivity index (χ2v) is 7.38. The highest BCUT2D eigenvalue weighted by atomic mass is 16.4. The summed E-state index contributed by atoms with van der Waals surface area (Å²) in [6.07, 6.45) is 2.18. The van der Waals surface area contributed by atoms with Crippen LogP contribution >= 0.6 is 0 Å². The molecule has 1 atom stereocenters. The number of nitrogens with zero attached hydrogens (tertiary/aromatic N) is 1. The van der Waals surface area contributed by atoms with Crippen molar-refractivity contribution in [3.8, 4) is 0 Å². The smallest absolute Gasteiger partial charge is 0.336 e. The fourth-order valence-corrected chi connectivity index (χ4v) is 3.83. The van der Waals surface area contributed by atoms with E-state index in [1.54, 1.807) is 6.07 Å². The number of hydrogen-bond acceptors (Lipinski definition) is 4. The maximum atomic E-state index is 12.0. The van der Waals surface area contributed by atoms with Gasteiger partial charge < -0.3 is 9.52 Å². The molecule has 0 aliphatic carbocycles. The average molecular weight is 329 g/mol. The van der Waals surface area contributed by atoms with Crippen LogP contribution in [0, 0.1) is 12.8 Å². The second kappa shape index (κ2) is 7.08. The number of benzene rings is 1. The summed E-state index contributed by atoms with van der Waals surface area (Å²) < 4.78 is 5.44. The van der Waals surface area contributed by atoms with Gasteiger partial charge in [0.1, 0.15) is 5.58 Å². The SMILES string of the molecule is Cc1cc2oc(=O)cc(CN3CCC[C@@H](CO)C3)c2cc1C(C)C. The number of hydrogen-bond donors (Lipinski definition) is 1. The van der Waals surface area contributed by atoms with Crippen LogP contribution in [-0.2, 0) is 6.54 Å². The Morgan fingerprint density at radius 1 is 1.33 bits per heavy atom. The van der Waals surface area contributed by atoms with E-state index in [2.05, 4.69) is 31.7 Å². The third kappa shape index (κ3) is 3.55. The largest absolute Gasteiger partial charge is 0.423 e. The van der Waals surface area contributed by atoms with E-state index < -0.39 is 0 Å². The summed E-state index contributed by atoms with van der Waals surface area (Å²) in [5, 5.41) is 10.5. The Kier molecular flexibility index (Phi) is 5.07. The first-order chi connectivity index (χ1) is 11.5. The summed E-state index contributed by atoms with van der Waals surface area (Å²) in [5.74, 6) is 0.779. The van der Waals surface area contributed by atoms with Gasteiger partial charge >= 0.3 is 5.63 Å². The van der Waals surface area contributed by atoms with Crippen molar-refractivity contribution < 1.29 is 9.52 Å². The molecule has 0 unspecified atom stereocenters. The number of aliphatic hydroxyl groups is 1. The molecule has 4 nitrogen and oxygen atoms in total. The van der Waals surface area contributed by atoms with Crippen LogP contribution < -0.4 is 5.63 Å². The van der Waals surface area contributed by atoms with Crippen molar-refractivity contribution in [3.63, 3.8) is 0 Å². The van der Waals surface area contributed by atoms with Gasteiger partial charge in [0.2, 0.25) is 0 Å². The highest BCUT2D eigenvalue weighted by Crippen LogP contribution is 2.28. The molecule has 130 valence electrons. The minimum atomic E-state index is -0.287. The topological polar surface area (TPSA) is 53.7 Å². The molecule has 0 spiro atoms. The molecule has 1 aliphatic heterocycles. The molecule has 1 aromatic heterocycles. The molecule has 4 heteroatoms. The number of fused-ring (bicyclic) bond motifs is 1. The normalized spacial score (nSPS) is 19.3. The van der Waals surface area contributed by atoms with Gasteiger partial charge in [-0.2, -0.15) is 0 Å². The van der Waals surface area contributed by atoms with Gasteiger partial charge in [-0.05, 0) is 67.0 Å². The van der Waals surface area contributed by atoms with Gasteiger partial charge in [-0.15, -0.1) is 0 Å². The summed E-state index contributed by atoms with van der Waals surface area (Å²) in [6, 6.07) is 5.80. The van der Waals surface area contributed by atoms with Crippen LogP contribution in [0.3, 0.4) is 0 Å². The van der Waals surface area contributed by atoms with E-state index in [0.717, 1.165) is 49.0 Å². The lowest BCUT2D eigenvalue weighted by Gasteiger charge is -2.32. The first-order valence-electron chi connectivity index (χ1n) is 8.88. The zero-order valence-corrected chi connectivity index (χ0v) is 14.8. The molecule has 1 N–H and O–H groups in total. The quantitative estimate of drug-likeness (QED) is 0.873. The van der Waals surface area contributed by atoms with Crippen molar-refractivity contribution in [2.45, 2.75) is 46.1 Å². The van der Waals surface area contributed by atoms with Crippen molar-refractivity contribution in [2.24, 2.45) is 5.92 Å². The number of piperidine rings is 1. The van der Waals surface area contributed by atoms with Crippen molar-refractivity contribution in [1.82, 2.24) is 4.90 Å². The molecule has 3 rings (SSSR count). The van der Waals surface area contributed by atoms with Gasteiger partial charge in [-0.25, -0.2) is 4.79 Å². The van der Waals surface area contributed by atoms with Crippen molar-refractivity contribution >= 4 is 11.0 Å². The summed E-state index contributed by atoms with van der Waals surface area (Å²) in [5.41, 5.74) is 3.88. The van der Waals surface area contributed by atoms with Crippen molar-refractivity contribution in [1.29, 1.82) is 0 Å². The first-order valence-corrected chi connectivity index (χ1v) is 8.88. The first kappa shape index (κ1) is 17.2. The molecule has 24 heavy (non-hydrogen) atoms. The van der Waals surface area contributed by atoms with Crippen LogP contribution in [0.1, 0.15) is 49.3 Å². The molecule has 0 amide bonds. The highest BCUT2D eigenvalue weighted by Gasteiger charge is 2.20. The lowest BCUT2D eigenvalue weighted by atomic mass is 9.94. The maximum absolute atomic E-state index is 12.0. The summed E-state index contributed by atoms with van der Waals surface area (Å²) >= 11 is 0. The molecule has 1 fully saturated rings. The number of likely N-dealkylation sites (tertiary alicyclic amines) is 1. The lowest BCUT2D eigenvalue weighted by molar-refractivity contribution is 0.116. The lowest BCUT2D eigenvalue weighted by Crippen LogP contribution is -2.36. The van der Waals surface area contributed by atoms with E-state index in [0.29, 0.717) is 17.4 Å². The van der Waals surface area contributed by atoms with Crippen LogP contribution in [0.5, 0.6) is 0 Å². The van der Waals surface area contributed by atoms with Crippen LogP contribution in [0.25, 0.3) is 11.0 Å². The maximum Gasteiger partial charge on any atom is 0.336 e. The van der Waals surface area contributed by atoms with E-state index in [1.165, 1.54) is 5.56 Å². The van der Waals surface area contributed by atoms with Gasteiger partial charge in [-0.3, -0.25) is 4.90 Å². The Morgan fingerprint density at radius 3 is 2.83 bits per heavy atom. The number of rotatable bonds is 4. The molecule has 2 heterocycles. The van der Waals surface area contributed by atoms with Gasteiger partial charge in [0, 0.05) is 31.1 Å². The van der Waals surface area contributed by atoms with Crippen molar-refractivity contribution in [3.05, 3.63) is 45.3 Å². The van der Waals surface area contributed by atoms with E-state index in [1.807, 2.05) is 6.07 Å². The van der Waals surface area contributed by atoms with E-state index >= 15 is 0 Å². The summed E-state index contributed by atoms with van der Waals surface area (Å²) in [4.78, 5) is 14.3. The molecule has 2 aromatic rings. The molecular weight excluding hydrogens is 302 g/mol. The van der Waals surface area contributed by atoms with Crippen LogP contribution in [0.15, 0.2) is 27.4 Å². The Hall–Kier alpha value is -1.65. The number of aryl methyl sites for hydroxylation is 1. The highest BCUT2D eigenvalue weighted by molar-refractivity contribution is 5.82. The summed E-state index contributed by atoms with van der Waals surface area (Å²) in [6.45, 7) is 9.32. The Balaban J connectivity index is 2.00. The minimum Gasteiger partial charge on any atom is -0.423 e. The molecule has 0 saturated carbocycles. The van der Waals surface area contributed by atoms with Gasteiger partial charge in [0.05, 0.1) is 0 Å². The van der Waals surface area contributed by atoms with E-state index in [9.17, 15) is 9.90 Å². The minimum absolute atomic E-state index is 0.241. The van der Waals surface area contributed by atoms with Gasteiger partial charge in [0.25, 0.3) is 0 Å². The molecular formula is C20H27NO3. The Labute approximate surface area is 143 Å². The van der Waals surface area contributed by atoms with Gasteiger partial charge in [-0.1, -0.05) is 13.8 Å². The zero-order valence-electron chi connectivity index (χ0n) is 14.8. The summed E-state index contributed by atoms with van der Waals surface area (Å²) in [7, 11) is 0. The average Bonchev–Trinajstić information content (AvgIpc) is 2.54. The second-order valence-electron chi connectivity index (χ2n) is 7.38. The van der Waals surface area contributed by atoms with E-state index in [4.69, 9.17) is 4.42 Å². The molecule has 1 aromatic carbocycles. The van der Waals surface area contributed by atoms with E-state index in [-0.39, 0.29) is 12.2 Å². The monoisotopic (exact) mass is 329 g/mol. The van der Waals surface area contributed by atoms with Crippen LogP contribution in [-0.4, -0.2) is 29.7 Å².